The van der Waals surface area contributed by atoms with E-state index in [4.69, 9.17) is 10.3 Å². The van der Waals surface area contributed by atoms with Crippen molar-refractivity contribution in [2.45, 2.75) is 33.1 Å². The van der Waals surface area contributed by atoms with Gasteiger partial charge in [-0.05, 0) is 31.2 Å². The Labute approximate surface area is 106 Å². The largest absolute Gasteiger partial charge is 0.399 e. The maximum absolute atomic E-state index is 5.97. The Hall–Kier alpha value is -1.90. The SMILES string of the molecule is CC=c1on2c(C(C)(C)C)cc3cc(N)cc1c32. The van der Waals surface area contributed by atoms with Crippen LogP contribution in [0.3, 0.4) is 0 Å². The van der Waals surface area contributed by atoms with Crippen LogP contribution in [0.2, 0.25) is 0 Å². The third kappa shape index (κ3) is 1.37. The lowest BCUT2D eigenvalue weighted by atomic mass is 9.92. The summed E-state index contributed by atoms with van der Waals surface area (Å²) in [6, 6.07) is 6.15. The van der Waals surface area contributed by atoms with Gasteiger partial charge in [-0.15, -0.1) is 0 Å². The maximum Gasteiger partial charge on any atom is 0.161 e. The second-order valence-corrected chi connectivity index (χ2v) is 5.82. The molecule has 0 bridgehead atoms. The summed E-state index contributed by atoms with van der Waals surface area (Å²) < 4.78 is 7.89. The van der Waals surface area contributed by atoms with Crippen LogP contribution in [0.25, 0.3) is 22.4 Å². The van der Waals surface area contributed by atoms with Crippen LogP contribution in [0, 0.1) is 0 Å². The normalized spacial score (nSPS) is 14.1. The summed E-state index contributed by atoms with van der Waals surface area (Å²) in [6.07, 6.45) is 1.98. The Bertz CT molecular complexity index is 784. The van der Waals surface area contributed by atoms with Gasteiger partial charge in [-0.3, -0.25) is 0 Å². The molecule has 0 saturated carbocycles. The number of nitrogens with zero attached hydrogens (tertiary/aromatic N) is 1. The van der Waals surface area contributed by atoms with E-state index in [0.29, 0.717) is 0 Å². The van der Waals surface area contributed by atoms with Gasteiger partial charge in [-0.25, -0.2) is 0 Å². The molecular formula is C15H18N2O. The highest BCUT2D eigenvalue weighted by atomic mass is 16.5. The summed E-state index contributed by atoms with van der Waals surface area (Å²) in [7, 11) is 0. The highest BCUT2D eigenvalue weighted by Gasteiger charge is 2.23. The first kappa shape index (κ1) is 11.2. The van der Waals surface area contributed by atoms with Crippen molar-refractivity contribution >= 4 is 28.1 Å². The summed E-state index contributed by atoms with van der Waals surface area (Å²) in [4.78, 5) is 0. The van der Waals surface area contributed by atoms with Gasteiger partial charge < -0.3 is 10.3 Å². The van der Waals surface area contributed by atoms with Crippen molar-refractivity contribution in [3.05, 3.63) is 29.3 Å². The molecule has 2 N–H and O–H groups in total. The molecule has 0 amide bonds. The Morgan fingerprint density at radius 1 is 1.22 bits per heavy atom. The summed E-state index contributed by atoms with van der Waals surface area (Å²) in [5.41, 5.74) is 9.96. The molecule has 3 aromatic rings. The van der Waals surface area contributed by atoms with Crippen molar-refractivity contribution in [3.8, 4) is 0 Å². The summed E-state index contributed by atoms with van der Waals surface area (Å²) in [6.45, 7) is 8.54. The molecule has 2 aromatic heterocycles. The van der Waals surface area contributed by atoms with E-state index in [9.17, 15) is 0 Å². The van der Waals surface area contributed by atoms with E-state index in [-0.39, 0.29) is 5.41 Å². The van der Waals surface area contributed by atoms with Crippen molar-refractivity contribution in [1.29, 1.82) is 0 Å². The predicted octanol–water partition coefficient (Wildman–Crippen LogP) is 3.08. The molecule has 0 saturated heterocycles. The molecule has 0 spiro atoms. The van der Waals surface area contributed by atoms with Crippen LogP contribution in [0.1, 0.15) is 33.4 Å². The Kier molecular flexibility index (Phi) is 2.06. The number of nitrogen functional groups attached to an aromatic ring is 1. The molecule has 18 heavy (non-hydrogen) atoms. The quantitative estimate of drug-likeness (QED) is 0.616. The van der Waals surface area contributed by atoms with E-state index in [1.165, 1.54) is 5.69 Å². The molecule has 1 aromatic carbocycles. The van der Waals surface area contributed by atoms with Gasteiger partial charge in [0.1, 0.15) is 0 Å². The zero-order chi connectivity index (χ0) is 13.1. The van der Waals surface area contributed by atoms with E-state index in [2.05, 4.69) is 26.8 Å². The van der Waals surface area contributed by atoms with Crippen molar-refractivity contribution in [3.63, 3.8) is 0 Å². The highest BCUT2D eigenvalue weighted by molar-refractivity contribution is 5.99. The van der Waals surface area contributed by atoms with Crippen molar-refractivity contribution in [1.82, 2.24) is 4.57 Å². The Balaban J connectivity index is 2.58. The molecule has 0 unspecified atom stereocenters. The van der Waals surface area contributed by atoms with Crippen molar-refractivity contribution in [2.24, 2.45) is 0 Å². The van der Waals surface area contributed by atoms with Crippen LogP contribution in [0.5, 0.6) is 0 Å². The lowest BCUT2D eigenvalue weighted by molar-refractivity contribution is 0.327. The molecule has 0 radical (unpaired) electrons. The second-order valence-electron chi connectivity index (χ2n) is 5.82. The third-order valence-electron chi connectivity index (χ3n) is 3.36. The first-order chi connectivity index (χ1) is 8.41. The van der Waals surface area contributed by atoms with Crippen LogP contribution < -0.4 is 11.1 Å². The lowest BCUT2D eigenvalue weighted by Gasteiger charge is -2.16. The smallest absolute Gasteiger partial charge is 0.161 e. The minimum absolute atomic E-state index is 0.0360. The van der Waals surface area contributed by atoms with Crippen LogP contribution >= 0.6 is 0 Å². The Morgan fingerprint density at radius 2 is 1.94 bits per heavy atom. The fourth-order valence-corrected chi connectivity index (χ4v) is 2.50. The first-order valence-corrected chi connectivity index (χ1v) is 6.22. The van der Waals surface area contributed by atoms with Crippen LogP contribution in [-0.4, -0.2) is 4.57 Å². The van der Waals surface area contributed by atoms with Crippen LogP contribution in [-0.2, 0) is 5.41 Å². The monoisotopic (exact) mass is 242 g/mol. The van der Waals surface area contributed by atoms with Crippen molar-refractivity contribution in [2.75, 3.05) is 5.73 Å². The summed E-state index contributed by atoms with van der Waals surface area (Å²) >= 11 is 0. The van der Waals surface area contributed by atoms with Gasteiger partial charge >= 0.3 is 0 Å². The molecular weight excluding hydrogens is 224 g/mol. The number of nitrogens with two attached hydrogens (primary N) is 1. The molecule has 0 atom stereocenters. The molecule has 94 valence electrons. The standard InChI is InChI=1S/C15H18N2O/c1-5-12-11-8-10(16)6-9-7-13(15(2,3)4)17(18-12)14(9)11/h5-8H,16H2,1-4H3. The number of rotatable bonds is 0. The van der Waals surface area contributed by atoms with Gasteiger partial charge in [-0.1, -0.05) is 20.8 Å². The zero-order valence-corrected chi connectivity index (χ0v) is 11.2. The molecule has 0 aliphatic heterocycles. The topological polar surface area (TPSA) is 43.6 Å². The molecule has 0 aliphatic rings. The molecule has 3 nitrogen and oxygen atoms in total. The molecule has 3 rings (SSSR count). The molecule has 0 aliphatic carbocycles. The van der Waals surface area contributed by atoms with Gasteiger partial charge in [0.05, 0.1) is 11.2 Å². The van der Waals surface area contributed by atoms with Gasteiger partial charge in [0.2, 0.25) is 0 Å². The molecule has 3 heteroatoms. The van der Waals surface area contributed by atoms with E-state index in [1.54, 1.807) is 0 Å². The van der Waals surface area contributed by atoms with Gasteiger partial charge in [0.25, 0.3) is 0 Å². The second kappa shape index (κ2) is 3.31. The number of aromatic nitrogens is 1. The number of hydrogen-bond donors (Lipinski definition) is 1. The van der Waals surface area contributed by atoms with E-state index in [1.807, 2.05) is 29.7 Å². The summed E-state index contributed by atoms with van der Waals surface area (Å²) in [5.74, 6) is 0. The minimum Gasteiger partial charge on any atom is -0.399 e. The van der Waals surface area contributed by atoms with Gasteiger partial charge in [-0.2, -0.15) is 4.57 Å². The van der Waals surface area contributed by atoms with E-state index >= 15 is 0 Å². The minimum atomic E-state index is 0.0360. The average molecular weight is 242 g/mol. The molecule has 2 heterocycles. The lowest BCUT2D eigenvalue weighted by Crippen LogP contribution is -2.13. The molecule has 0 fully saturated rings. The number of hydrogen-bond acceptors (Lipinski definition) is 2. The van der Waals surface area contributed by atoms with Gasteiger partial charge in [0, 0.05) is 21.9 Å². The summed E-state index contributed by atoms with van der Waals surface area (Å²) in [5, 5.41) is 2.23. The van der Waals surface area contributed by atoms with Crippen LogP contribution in [0.15, 0.2) is 22.7 Å². The van der Waals surface area contributed by atoms with Gasteiger partial charge in [0.15, 0.2) is 5.42 Å². The average Bonchev–Trinajstić information content (AvgIpc) is 2.79. The maximum atomic E-state index is 5.97. The number of benzene rings is 1. The van der Waals surface area contributed by atoms with E-state index < -0.39 is 0 Å². The highest BCUT2D eigenvalue weighted by Crippen LogP contribution is 2.32. The van der Waals surface area contributed by atoms with E-state index in [0.717, 1.165) is 27.4 Å². The predicted molar refractivity (Wildman–Crippen MR) is 75.6 cm³/mol. The third-order valence-corrected chi connectivity index (χ3v) is 3.36. The fourth-order valence-electron chi connectivity index (χ4n) is 2.50. The zero-order valence-electron chi connectivity index (χ0n) is 11.2. The first-order valence-electron chi connectivity index (χ1n) is 6.22. The fraction of sp³-hybridized carbons (Fsp3) is 0.333. The van der Waals surface area contributed by atoms with Crippen LogP contribution in [0.4, 0.5) is 5.69 Å². The van der Waals surface area contributed by atoms with Crippen molar-refractivity contribution < 1.29 is 4.52 Å². The number of anilines is 1. The Morgan fingerprint density at radius 3 is 2.56 bits per heavy atom.